The van der Waals surface area contributed by atoms with Crippen molar-refractivity contribution in [1.82, 2.24) is 0 Å². The van der Waals surface area contributed by atoms with Crippen LogP contribution in [0.5, 0.6) is 0 Å². The first-order valence-corrected chi connectivity index (χ1v) is 31.1. The number of rotatable bonds is 56. The van der Waals surface area contributed by atoms with Crippen LogP contribution < -0.4 is 0 Å². The lowest BCUT2D eigenvalue weighted by Crippen LogP contribution is -2.30. The maximum atomic E-state index is 12.9. The molecule has 0 saturated carbocycles. The zero-order chi connectivity index (χ0) is 50.5. The van der Waals surface area contributed by atoms with Gasteiger partial charge in [0.15, 0.2) is 6.10 Å². The monoisotopic (exact) mass is 975 g/mol. The molecule has 0 saturated heterocycles. The summed E-state index contributed by atoms with van der Waals surface area (Å²) in [6.07, 6.45) is 58.1. The molecule has 0 aliphatic rings. The minimum atomic E-state index is -0.764. The topological polar surface area (TPSA) is 78.9 Å². The summed E-state index contributed by atoms with van der Waals surface area (Å²) in [6, 6.07) is 0. The van der Waals surface area contributed by atoms with E-state index in [0.717, 1.165) is 75.5 Å². The summed E-state index contributed by atoms with van der Waals surface area (Å²) in [7, 11) is 0. The Hall–Kier alpha value is -1.59. The Morgan fingerprint density at radius 3 is 0.623 bits per heavy atom. The average Bonchev–Trinajstić information content (AvgIpc) is 3.31. The highest BCUT2D eigenvalue weighted by molar-refractivity contribution is 5.71. The zero-order valence-electron chi connectivity index (χ0n) is 47.6. The molecule has 0 aromatic rings. The molecule has 0 radical (unpaired) electrons. The Morgan fingerprint density at radius 2 is 0.420 bits per heavy atom. The Morgan fingerprint density at radius 1 is 0.246 bits per heavy atom. The van der Waals surface area contributed by atoms with Crippen LogP contribution in [-0.4, -0.2) is 37.2 Å². The van der Waals surface area contributed by atoms with Crippen molar-refractivity contribution in [3.05, 3.63) is 0 Å². The van der Waals surface area contributed by atoms with E-state index in [1.807, 2.05) is 0 Å². The number of carbonyl (C=O) groups excluding carboxylic acids is 3. The number of hydrogen-bond acceptors (Lipinski definition) is 6. The van der Waals surface area contributed by atoms with Gasteiger partial charge in [-0.1, -0.05) is 311 Å². The third-order valence-electron chi connectivity index (χ3n) is 14.4. The summed E-state index contributed by atoms with van der Waals surface area (Å²) >= 11 is 0. The molecule has 6 nitrogen and oxygen atoms in total. The van der Waals surface area contributed by atoms with Gasteiger partial charge in [-0.15, -0.1) is 0 Å². The van der Waals surface area contributed by atoms with Crippen LogP contribution in [0.4, 0.5) is 0 Å². The predicted molar refractivity (Wildman–Crippen MR) is 298 cm³/mol. The van der Waals surface area contributed by atoms with Crippen molar-refractivity contribution >= 4 is 17.9 Å². The molecule has 0 heterocycles. The molecule has 1 atom stereocenters. The van der Waals surface area contributed by atoms with E-state index < -0.39 is 6.10 Å². The van der Waals surface area contributed by atoms with E-state index in [0.29, 0.717) is 19.3 Å². The fraction of sp³-hybridized carbons (Fsp3) is 0.952. The molecule has 69 heavy (non-hydrogen) atoms. The standard InChI is InChI=1S/C63H122O6/c1-57(2)49-43-37-31-25-19-13-8-7-9-16-22-28-34-40-46-52-61(64)67-55-60(56-68-62(65)53-47-41-35-29-23-18-12-15-21-27-33-39-45-51-59(5)6)69-63(66)54-48-42-36-30-24-17-11-10-14-20-26-32-38-44-50-58(3)4/h57-60H,7-56H2,1-6H3/t60-/m1/s1. The van der Waals surface area contributed by atoms with Gasteiger partial charge in [0, 0.05) is 19.3 Å². The van der Waals surface area contributed by atoms with Crippen LogP contribution in [0, 0.1) is 17.8 Å². The summed E-state index contributed by atoms with van der Waals surface area (Å²) < 4.78 is 16.9. The van der Waals surface area contributed by atoms with E-state index in [1.54, 1.807) is 0 Å². The second-order valence-electron chi connectivity index (χ2n) is 23.1. The maximum Gasteiger partial charge on any atom is 0.306 e. The number of unbranched alkanes of at least 4 members (excludes halogenated alkanes) is 39. The molecule has 0 N–H and O–H groups in total. The first-order valence-electron chi connectivity index (χ1n) is 31.1. The van der Waals surface area contributed by atoms with Gasteiger partial charge >= 0.3 is 17.9 Å². The normalized spacial score (nSPS) is 12.1. The van der Waals surface area contributed by atoms with Crippen molar-refractivity contribution in [2.75, 3.05) is 13.2 Å². The van der Waals surface area contributed by atoms with Crippen molar-refractivity contribution in [3.8, 4) is 0 Å². The van der Waals surface area contributed by atoms with Crippen LogP contribution in [0.1, 0.15) is 350 Å². The van der Waals surface area contributed by atoms with Gasteiger partial charge in [-0.05, 0) is 37.0 Å². The van der Waals surface area contributed by atoms with E-state index in [2.05, 4.69) is 41.5 Å². The summed E-state index contributed by atoms with van der Waals surface area (Å²) in [5.74, 6) is 1.69. The molecule has 0 rings (SSSR count). The number of esters is 3. The third-order valence-corrected chi connectivity index (χ3v) is 14.4. The van der Waals surface area contributed by atoms with Crippen molar-refractivity contribution in [1.29, 1.82) is 0 Å². The van der Waals surface area contributed by atoms with Gasteiger partial charge in [0.25, 0.3) is 0 Å². The predicted octanol–water partition coefficient (Wildman–Crippen LogP) is 20.7. The van der Waals surface area contributed by atoms with Crippen LogP contribution in [0.25, 0.3) is 0 Å². The van der Waals surface area contributed by atoms with Gasteiger partial charge in [0.1, 0.15) is 13.2 Å². The molecule has 6 heteroatoms. The van der Waals surface area contributed by atoms with E-state index in [-0.39, 0.29) is 31.1 Å². The first kappa shape index (κ1) is 67.4. The molecular weight excluding hydrogens is 853 g/mol. The minimum absolute atomic E-state index is 0.0627. The van der Waals surface area contributed by atoms with Crippen molar-refractivity contribution in [2.45, 2.75) is 356 Å². The Labute approximate surface area is 431 Å². The van der Waals surface area contributed by atoms with E-state index in [1.165, 1.54) is 231 Å². The lowest BCUT2D eigenvalue weighted by molar-refractivity contribution is -0.167. The number of ether oxygens (including phenoxy) is 3. The molecule has 0 fully saturated rings. The van der Waals surface area contributed by atoms with Crippen molar-refractivity contribution in [3.63, 3.8) is 0 Å². The molecule has 410 valence electrons. The second-order valence-corrected chi connectivity index (χ2v) is 23.1. The van der Waals surface area contributed by atoms with Crippen LogP contribution in [-0.2, 0) is 28.6 Å². The summed E-state index contributed by atoms with van der Waals surface area (Å²) in [4.78, 5) is 38.3. The molecule has 0 aromatic carbocycles. The highest BCUT2D eigenvalue weighted by Gasteiger charge is 2.19. The molecule has 0 aliphatic carbocycles. The van der Waals surface area contributed by atoms with Crippen molar-refractivity contribution in [2.24, 2.45) is 17.8 Å². The van der Waals surface area contributed by atoms with Gasteiger partial charge < -0.3 is 14.2 Å². The number of carbonyl (C=O) groups is 3. The highest BCUT2D eigenvalue weighted by Crippen LogP contribution is 2.19. The van der Waals surface area contributed by atoms with E-state index >= 15 is 0 Å². The molecule has 0 amide bonds. The van der Waals surface area contributed by atoms with Crippen LogP contribution in [0.15, 0.2) is 0 Å². The lowest BCUT2D eigenvalue weighted by Gasteiger charge is -2.18. The fourth-order valence-corrected chi connectivity index (χ4v) is 9.71. The number of hydrogen-bond donors (Lipinski definition) is 0. The van der Waals surface area contributed by atoms with Gasteiger partial charge in [0.05, 0.1) is 0 Å². The quantitative estimate of drug-likeness (QED) is 0.0343. The van der Waals surface area contributed by atoms with Crippen molar-refractivity contribution < 1.29 is 28.6 Å². The summed E-state index contributed by atoms with van der Waals surface area (Å²) in [6.45, 7) is 13.8. The first-order chi connectivity index (χ1) is 33.6. The average molecular weight is 976 g/mol. The molecule has 0 aromatic heterocycles. The molecule has 0 spiro atoms. The second kappa shape index (κ2) is 54.2. The van der Waals surface area contributed by atoms with Crippen LogP contribution in [0.2, 0.25) is 0 Å². The van der Waals surface area contributed by atoms with Gasteiger partial charge in [-0.2, -0.15) is 0 Å². The molecular formula is C63H122O6. The fourth-order valence-electron chi connectivity index (χ4n) is 9.71. The summed E-state index contributed by atoms with van der Waals surface area (Å²) in [5.41, 5.74) is 0. The van der Waals surface area contributed by atoms with Gasteiger partial charge in [0.2, 0.25) is 0 Å². The maximum absolute atomic E-state index is 12.9. The molecule has 0 unspecified atom stereocenters. The van der Waals surface area contributed by atoms with E-state index in [9.17, 15) is 14.4 Å². The minimum Gasteiger partial charge on any atom is -0.462 e. The zero-order valence-corrected chi connectivity index (χ0v) is 47.6. The highest BCUT2D eigenvalue weighted by atomic mass is 16.6. The van der Waals surface area contributed by atoms with E-state index in [4.69, 9.17) is 14.2 Å². The molecule has 0 aliphatic heterocycles. The summed E-state index contributed by atoms with van der Waals surface area (Å²) in [5, 5.41) is 0. The molecule has 0 bridgehead atoms. The lowest BCUT2D eigenvalue weighted by atomic mass is 10.0. The third kappa shape index (κ3) is 57.2. The van der Waals surface area contributed by atoms with Crippen LogP contribution in [0.3, 0.4) is 0 Å². The van der Waals surface area contributed by atoms with Crippen LogP contribution >= 0.6 is 0 Å². The SMILES string of the molecule is CC(C)CCCCCCCCCCCCCCCCCC(=O)OC[C@H](COC(=O)CCCCCCCCCCCCCCCC(C)C)OC(=O)CCCCCCCCCCCCCCCCC(C)C. The smallest absolute Gasteiger partial charge is 0.306 e. The largest absolute Gasteiger partial charge is 0.462 e. The Bertz CT molecular complexity index is 1070. The Balaban J connectivity index is 4.30. The van der Waals surface area contributed by atoms with Gasteiger partial charge in [-0.3, -0.25) is 14.4 Å². The Kier molecular flexibility index (Phi) is 52.9. The van der Waals surface area contributed by atoms with Gasteiger partial charge in [-0.25, -0.2) is 0 Å².